The Bertz CT molecular complexity index is 1060. The van der Waals surface area contributed by atoms with Crippen LogP contribution in [0.25, 0.3) is 11.1 Å². The molecule has 3 aromatic carbocycles. The van der Waals surface area contributed by atoms with E-state index in [-0.39, 0.29) is 24.3 Å². The maximum absolute atomic E-state index is 14.6. The van der Waals surface area contributed by atoms with Crippen LogP contribution in [-0.2, 0) is 16.1 Å². The number of benzene rings is 3. The molecule has 0 aliphatic carbocycles. The van der Waals surface area contributed by atoms with Crippen molar-refractivity contribution in [2.45, 2.75) is 19.4 Å². The molecule has 0 bridgehead atoms. The summed E-state index contributed by atoms with van der Waals surface area (Å²) in [6.07, 6.45) is 0. The van der Waals surface area contributed by atoms with Crippen molar-refractivity contribution in [3.05, 3.63) is 89.2 Å². The van der Waals surface area contributed by atoms with Crippen LogP contribution in [0.1, 0.15) is 34.3 Å². The average Bonchev–Trinajstić information content (AvgIpc) is 3.08. The second-order valence-corrected chi connectivity index (χ2v) is 6.76. The third-order valence-corrected chi connectivity index (χ3v) is 4.92. The molecule has 1 N–H and O–H groups in total. The van der Waals surface area contributed by atoms with Crippen molar-refractivity contribution in [3.8, 4) is 11.1 Å². The molecule has 0 fully saturated rings. The quantitative estimate of drug-likeness (QED) is 0.660. The van der Waals surface area contributed by atoms with Crippen LogP contribution in [0.3, 0.4) is 0 Å². The van der Waals surface area contributed by atoms with Gasteiger partial charge in [-0.3, -0.25) is 4.79 Å². The van der Waals surface area contributed by atoms with Crippen LogP contribution < -0.4 is 5.32 Å². The second-order valence-electron chi connectivity index (χ2n) is 6.76. The molecule has 1 aliphatic rings. The first-order valence-electron chi connectivity index (χ1n) is 8.99. The van der Waals surface area contributed by atoms with Crippen LogP contribution in [0.5, 0.6) is 0 Å². The van der Waals surface area contributed by atoms with Gasteiger partial charge in [0.15, 0.2) is 0 Å². The largest absolute Gasteiger partial charge is 0.457 e. The van der Waals surface area contributed by atoms with Crippen molar-refractivity contribution in [2.24, 2.45) is 0 Å². The van der Waals surface area contributed by atoms with E-state index in [4.69, 9.17) is 4.74 Å². The van der Waals surface area contributed by atoms with Gasteiger partial charge < -0.3 is 10.1 Å². The summed E-state index contributed by atoms with van der Waals surface area (Å²) in [7, 11) is 0. The number of esters is 1. The number of amides is 1. The summed E-state index contributed by atoms with van der Waals surface area (Å²) in [5.74, 6) is -1.51. The fraction of sp³-hybridized carbons (Fsp3) is 0.130. The molecule has 4 rings (SSSR count). The number of hydrogen-bond donors (Lipinski definition) is 1. The highest BCUT2D eigenvalue weighted by molar-refractivity contribution is 5.98. The molecular weight excluding hydrogens is 357 g/mol. The van der Waals surface area contributed by atoms with Gasteiger partial charge in [0, 0.05) is 16.8 Å². The van der Waals surface area contributed by atoms with Gasteiger partial charge in [-0.1, -0.05) is 42.5 Å². The standard InChI is InChI=1S/C23H18FNO3/c1-14(16-7-9-19(21(24)12-16)15-5-3-2-4-6-15)22(26)25-18-8-10-20-17(11-18)13-28-23(20)27/h2-12,14H,13H2,1H3,(H,25,26). The summed E-state index contributed by atoms with van der Waals surface area (Å²) >= 11 is 0. The van der Waals surface area contributed by atoms with E-state index in [0.29, 0.717) is 22.4 Å². The van der Waals surface area contributed by atoms with E-state index < -0.39 is 5.92 Å². The minimum atomic E-state index is -0.537. The average molecular weight is 375 g/mol. The molecule has 0 saturated carbocycles. The van der Waals surface area contributed by atoms with Crippen LogP contribution in [0, 0.1) is 5.82 Å². The van der Waals surface area contributed by atoms with Gasteiger partial charge in [-0.05, 0) is 42.3 Å². The minimum absolute atomic E-state index is 0.208. The molecular formula is C23H18FNO3. The van der Waals surface area contributed by atoms with Crippen molar-refractivity contribution >= 4 is 17.6 Å². The topological polar surface area (TPSA) is 55.4 Å². The van der Waals surface area contributed by atoms with E-state index in [2.05, 4.69) is 5.32 Å². The predicted octanol–water partition coefficient (Wildman–Crippen LogP) is 4.91. The zero-order chi connectivity index (χ0) is 19.7. The Balaban J connectivity index is 1.51. The molecule has 0 radical (unpaired) electrons. The van der Waals surface area contributed by atoms with Gasteiger partial charge in [0.05, 0.1) is 11.5 Å². The molecule has 1 atom stereocenters. The van der Waals surface area contributed by atoms with Crippen LogP contribution in [-0.4, -0.2) is 11.9 Å². The zero-order valence-electron chi connectivity index (χ0n) is 15.2. The third-order valence-electron chi connectivity index (χ3n) is 4.92. The van der Waals surface area contributed by atoms with Crippen molar-refractivity contribution in [1.29, 1.82) is 0 Å². The van der Waals surface area contributed by atoms with Gasteiger partial charge in [-0.2, -0.15) is 0 Å². The Kier molecular flexibility index (Phi) is 4.65. The highest BCUT2D eigenvalue weighted by atomic mass is 19.1. The molecule has 28 heavy (non-hydrogen) atoms. The van der Waals surface area contributed by atoms with Crippen LogP contribution in [0.15, 0.2) is 66.7 Å². The van der Waals surface area contributed by atoms with E-state index in [9.17, 15) is 14.0 Å². The molecule has 1 aliphatic heterocycles. The molecule has 1 amide bonds. The van der Waals surface area contributed by atoms with Gasteiger partial charge in [0.1, 0.15) is 12.4 Å². The monoisotopic (exact) mass is 375 g/mol. The lowest BCUT2D eigenvalue weighted by molar-refractivity contribution is -0.117. The van der Waals surface area contributed by atoms with Gasteiger partial charge in [0.2, 0.25) is 5.91 Å². The number of nitrogens with one attached hydrogen (secondary N) is 1. The molecule has 5 heteroatoms. The van der Waals surface area contributed by atoms with Crippen LogP contribution in [0.4, 0.5) is 10.1 Å². The first-order chi connectivity index (χ1) is 13.5. The second kappa shape index (κ2) is 7.27. The SMILES string of the molecule is CC(C(=O)Nc1ccc2c(c1)COC2=O)c1ccc(-c2ccccc2)c(F)c1. The normalized spacial score (nSPS) is 13.6. The number of rotatable bonds is 4. The first-order valence-corrected chi connectivity index (χ1v) is 8.99. The Labute approximate surface area is 162 Å². The molecule has 3 aromatic rings. The van der Waals surface area contributed by atoms with Gasteiger partial charge in [-0.15, -0.1) is 0 Å². The number of cyclic esters (lactones) is 1. The number of hydrogen-bond acceptors (Lipinski definition) is 3. The van der Waals surface area contributed by atoms with Crippen molar-refractivity contribution in [3.63, 3.8) is 0 Å². The van der Waals surface area contributed by atoms with Crippen molar-refractivity contribution in [1.82, 2.24) is 0 Å². The summed E-state index contributed by atoms with van der Waals surface area (Å²) < 4.78 is 19.6. The summed E-state index contributed by atoms with van der Waals surface area (Å²) in [5.41, 5.74) is 3.72. The van der Waals surface area contributed by atoms with E-state index in [1.807, 2.05) is 30.3 Å². The Hall–Kier alpha value is -3.47. The summed E-state index contributed by atoms with van der Waals surface area (Å²) in [5, 5.41) is 2.82. The minimum Gasteiger partial charge on any atom is -0.457 e. The number of fused-ring (bicyclic) bond motifs is 1. The maximum Gasteiger partial charge on any atom is 0.338 e. The number of ether oxygens (including phenoxy) is 1. The first kappa shape index (κ1) is 17.9. The van der Waals surface area contributed by atoms with Gasteiger partial charge in [0.25, 0.3) is 0 Å². The number of carbonyl (C=O) groups excluding carboxylic acids is 2. The third kappa shape index (κ3) is 3.39. The van der Waals surface area contributed by atoms with Crippen LogP contribution >= 0.6 is 0 Å². The maximum atomic E-state index is 14.6. The lowest BCUT2D eigenvalue weighted by atomic mass is 9.96. The predicted molar refractivity (Wildman–Crippen MR) is 104 cm³/mol. The molecule has 1 unspecified atom stereocenters. The molecule has 0 spiro atoms. The van der Waals surface area contributed by atoms with E-state index in [1.165, 1.54) is 6.07 Å². The Morgan fingerprint density at radius 1 is 1.04 bits per heavy atom. The van der Waals surface area contributed by atoms with Gasteiger partial charge >= 0.3 is 5.97 Å². The van der Waals surface area contributed by atoms with E-state index in [0.717, 1.165) is 11.1 Å². The van der Waals surface area contributed by atoms with E-state index in [1.54, 1.807) is 37.3 Å². The van der Waals surface area contributed by atoms with Gasteiger partial charge in [-0.25, -0.2) is 9.18 Å². The Morgan fingerprint density at radius 2 is 1.79 bits per heavy atom. The molecule has 0 saturated heterocycles. The summed E-state index contributed by atoms with van der Waals surface area (Å²) in [4.78, 5) is 24.1. The van der Waals surface area contributed by atoms with Crippen molar-refractivity contribution < 1.29 is 18.7 Å². The van der Waals surface area contributed by atoms with E-state index >= 15 is 0 Å². The molecule has 1 heterocycles. The summed E-state index contributed by atoms with van der Waals surface area (Å²) in [6, 6.07) is 19.2. The van der Waals surface area contributed by atoms with Crippen molar-refractivity contribution in [2.75, 3.05) is 5.32 Å². The highest BCUT2D eigenvalue weighted by Gasteiger charge is 2.22. The number of carbonyl (C=O) groups is 2. The number of halogens is 1. The van der Waals surface area contributed by atoms with Crippen LogP contribution in [0.2, 0.25) is 0 Å². The number of anilines is 1. The molecule has 140 valence electrons. The molecule has 0 aromatic heterocycles. The fourth-order valence-electron chi connectivity index (χ4n) is 3.27. The molecule has 4 nitrogen and oxygen atoms in total. The zero-order valence-corrected chi connectivity index (χ0v) is 15.2. The fourth-order valence-corrected chi connectivity index (χ4v) is 3.27. The lowest BCUT2D eigenvalue weighted by Crippen LogP contribution is -2.19. The highest BCUT2D eigenvalue weighted by Crippen LogP contribution is 2.28. The summed E-state index contributed by atoms with van der Waals surface area (Å²) in [6.45, 7) is 1.94. The lowest BCUT2D eigenvalue weighted by Gasteiger charge is -2.14. The Morgan fingerprint density at radius 3 is 2.54 bits per heavy atom. The smallest absolute Gasteiger partial charge is 0.338 e.